The summed E-state index contributed by atoms with van der Waals surface area (Å²) in [5.74, 6) is 0.740. The Morgan fingerprint density at radius 1 is 1.11 bits per heavy atom. The van der Waals surface area contributed by atoms with E-state index in [9.17, 15) is 4.79 Å². The van der Waals surface area contributed by atoms with E-state index in [1.54, 1.807) is 6.20 Å². The van der Waals surface area contributed by atoms with Crippen LogP contribution in [0, 0.1) is 12.3 Å². The molecule has 1 fully saturated rings. The molecular formula is C21H29N5O. The van der Waals surface area contributed by atoms with Crippen LogP contribution in [0.15, 0.2) is 36.5 Å². The fourth-order valence-corrected chi connectivity index (χ4v) is 3.23. The van der Waals surface area contributed by atoms with E-state index < -0.39 is 5.41 Å². The summed E-state index contributed by atoms with van der Waals surface area (Å²) in [7, 11) is 2.14. The van der Waals surface area contributed by atoms with Crippen LogP contribution in [0.4, 0.5) is 5.69 Å². The van der Waals surface area contributed by atoms with Crippen LogP contribution in [0.25, 0.3) is 11.4 Å². The molecule has 0 saturated carbocycles. The second-order valence-corrected chi connectivity index (χ2v) is 8.02. The molecule has 1 aromatic heterocycles. The number of benzene rings is 1. The van der Waals surface area contributed by atoms with Crippen molar-refractivity contribution in [3.05, 3.63) is 42.2 Å². The van der Waals surface area contributed by atoms with Crippen LogP contribution in [0.1, 0.15) is 19.5 Å². The van der Waals surface area contributed by atoms with Gasteiger partial charge < -0.3 is 10.2 Å². The van der Waals surface area contributed by atoms with Gasteiger partial charge in [-0.2, -0.15) is 0 Å². The van der Waals surface area contributed by atoms with Gasteiger partial charge in [0.2, 0.25) is 5.91 Å². The Morgan fingerprint density at radius 2 is 1.78 bits per heavy atom. The maximum Gasteiger partial charge on any atom is 0.231 e. The third-order valence-electron chi connectivity index (χ3n) is 5.03. The molecule has 1 aliphatic rings. The minimum atomic E-state index is -0.450. The first-order valence-electron chi connectivity index (χ1n) is 9.46. The van der Waals surface area contributed by atoms with Crippen LogP contribution in [-0.2, 0) is 4.79 Å². The fraction of sp³-hybridized carbons (Fsp3) is 0.476. The summed E-state index contributed by atoms with van der Waals surface area (Å²) in [6.07, 6.45) is 1.76. The van der Waals surface area contributed by atoms with Gasteiger partial charge >= 0.3 is 0 Å². The van der Waals surface area contributed by atoms with Crippen molar-refractivity contribution >= 4 is 11.6 Å². The quantitative estimate of drug-likeness (QED) is 0.880. The van der Waals surface area contributed by atoms with Gasteiger partial charge in [0.25, 0.3) is 0 Å². The fourth-order valence-electron chi connectivity index (χ4n) is 3.23. The zero-order chi connectivity index (χ0) is 19.4. The van der Waals surface area contributed by atoms with Crippen LogP contribution < -0.4 is 5.32 Å². The van der Waals surface area contributed by atoms with Crippen LogP contribution in [0.3, 0.4) is 0 Å². The lowest BCUT2D eigenvalue weighted by atomic mass is 9.91. The molecule has 27 heavy (non-hydrogen) atoms. The summed E-state index contributed by atoms with van der Waals surface area (Å²) in [5, 5.41) is 3.05. The number of amides is 1. The number of aryl methyl sites for hydroxylation is 1. The molecule has 3 rings (SSSR count). The van der Waals surface area contributed by atoms with E-state index >= 15 is 0 Å². The molecule has 0 bridgehead atoms. The van der Waals surface area contributed by atoms with Gasteiger partial charge in [0, 0.05) is 55.9 Å². The van der Waals surface area contributed by atoms with Gasteiger partial charge in [0.1, 0.15) is 0 Å². The van der Waals surface area contributed by atoms with Crippen molar-refractivity contribution in [3.8, 4) is 11.4 Å². The molecular weight excluding hydrogens is 338 g/mol. The van der Waals surface area contributed by atoms with Gasteiger partial charge in [-0.15, -0.1) is 0 Å². The Morgan fingerprint density at radius 3 is 2.41 bits per heavy atom. The van der Waals surface area contributed by atoms with E-state index in [1.807, 2.05) is 51.1 Å². The smallest absolute Gasteiger partial charge is 0.231 e. The van der Waals surface area contributed by atoms with Gasteiger partial charge in [0.15, 0.2) is 5.82 Å². The largest absolute Gasteiger partial charge is 0.326 e. The number of anilines is 1. The molecule has 0 atom stereocenters. The predicted octanol–water partition coefficient (Wildman–Crippen LogP) is 2.66. The van der Waals surface area contributed by atoms with Crippen LogP contribution in [0.2, 0.25) is 0 Å². The molecule has 1 aliphatic heterocycles. The van der Waals surface area contributed by atoms with E-state index in [0.29, 0.717) is 5.82 Å². The van der Waals surface area contributed by atoms with Gasteiger partial charge in [-0.3, -0.25) is 9.69 Å². The van der Waals surface area contributed by atoms with Crippen molar-refractivity contribution in [1.82, 2.24) is 19.8 Å². The van der Waals surface area contributed by atoms with Crippen molar-refractivity contribution in [2.75, 3.05) is 45.1 Å². The van der Waals surface area contributed by atoms with E-state index in [1.165, 1.54) is 0 Å². The summed E-state index contributed by atoms with van der Waals surface area (Å²) >= 11 is 0. The predicted molar refractivity (Wildman–Crippen MR) is 109 cm³/mol. The first kappa shape index (κ1) is 19.5. The van der Waals surface area contributed by atoms with Gasteiger partial charge in [-0.1, -0.05) is 0 Å². The van der Waals surface area contributed by atoms with Crippen molar-refractivity contribution in [1.29, 1.82) is 0 Å². The molecule has 1 aromatic carbocycles. The number of likely N-dealkylation sites (N-methyl/N-ethyl adjacent to an activating group) is 1. The summed E-state index contributed by atoms with van der Waals surface area (Å²) in [6, 6.07) is 9.58. The van der Waals surface area contributed by atoms with Gasteiger partial charge in [-0.05, 0) is 58.2 Å². The molecule has 0 aliphatic carbocycles. The molecule has 1 saturated heterocycles. The lowest BCUT2D eigenvalue weighted by molar-refractivity contribution is -0.125. The minimum Gasteiger partial charge on any atom is -0.326 e. The summed E-state index contributed by atoms with van der Waals surface area (Å²) in [4.78, 5) is 26.2. The highest BCUT2D eigenvalue weighted by Crippen LogP contribution is 2.23. The second kappa shape index (κ2) is 8.15. The highest BCUT2D eigenvalue weighted by atomic mass is 16.2. The first-order valence-corrected chi connectivity index (χ1v) is 9.46. The number of piperazine rings is 1. The average molecular weight is 367 g/mol. The van der Waals surface area contributed by atoms with Gasteiger partial charge in [-0.25, -0.2) is 9.97 Å². The number of carbonyl (C=O) groups is 1. The van der Waals surface area contributed by atoms with Crippen LogP contribution in [0.5, 0.6) is 0 Å². The molecule has 6 nitrogen and oxygen atoms in total. The molecule has 2 heterocycles. The standard InChI is InChI=1S/C21H29N5O/c1-16-9-10-22-19(23-16)17-5-7-18(8-6-17)24-20(27)21(2,3)15-26-13-11-25(4)12-14-26/h5-10H,11-15H2,1-4H3,(H,24,27). The number of hydrogen-bond donors (Lipinski definition) is 1. The topological polar surface area (TPSA) is 61.4 Å². The molecule has 6 heteroatoms. The lowest BCUT2D eigenvalue weighted by Gasteiger charge is -2.37. The SMILES string of the molecule is Cc1ccnc(-c2ccc(NC(=O)C(C)(C)CN3CCN(C)CC3)cc2)n1. The zero-order valence-electron chi connectivity index (χ0n) is 16.7. The highest BCUT2D eigenvalue weighted by molar-refractivity contribution is 5.95. The van der Waals surface area contributed by atoms with E-state index in [2.05, 4.69) is 32.1 Å². The highest BCUT2D eigenvalue weighted by Gasteiger charge is 2.31. The molecule has 2 aromatic rings. The Hall–Kier alpha value is -2.31. The van der Waals surface area contributed by atoms with E-state index in [0.717, 1.165) is 49.7 Å². The maximum absolute atomic E-state index is 12.8. The number of rotatable bonds is 5. The Labute approximate surface area is 161 Å². The molecule has 1 N–H and O–H groups in total. The Kier molecular flexibility index (Phi) is 5.87. The zero-order valence-corrected chi connectivity index (χ0v) is 16.7. The number of aromatic nitrogens is 2. The third kappa shape index (κ3) is 5.11. The van der Waals surface area contributed by atoms with Gasteiger partial charge in [0.05, 0.1) is 5.41 Å². The summed E-state index contributed by atoms with van der Waals surface area (Å²) in [5.41, 5.74) is 2.22. The summed E-state index contributed by atoms with van der Waals surface area (Å²) in [6.45, 7) is 10.9. The van der Waals surface area contributed by atoms with Crippen molar-refractivity contribution < 1.29 is 4.79 Å². The van der Waals surface area contributed by atoms with Crippen molar-refractivity contribution in [2.24, 2.45) is 5.41 Å². The van der Waals surface area contributed by atoms with Crippen LogP contribution >= 0.6 is 0 Å². The number of carbonyl (C=O) groups excluding carboxylic acids is 1. The number of nitrogens with one attached hydrogen (secondary N) is 1. The maximum atomic E-state index is 12.8. The van der Waals surface area contributed by atoms with Crippen LogP contribution in [-0.4, -0.2) is 65.4 Å². The Balaban J connectivity index is 1.61. The monoisotopic (exact) mass is 367 g/mol. The molecule has 1 amide bonds. The third-order valence-corrected chi connectivity index (χ3v) is 5.03. The average Bonchev–Trinajstić information content (AvgIpc) is 2.64. The van der Waals surface area contributed by atoms with Crippen molar-refractivity contribution in [3.63, 3.8) is 0 Å². The second-order valence-electron chi connectivity index (χ2n) is 8.02. The minimum absolute atomic E-state index is 0.0426. The normalized spacial score (nSPS) is 16.3. The first-order chi connectivity index (χ1) is 12.8. The number of nitrogens with zero attached hydrogens (tertiary/aromatic N) is 4. The lowest BCUT2D eigenvalue weighted by Crippen LogP contribution is -2.50. The number of hydrogen-bond acceptors (Lipinski definition) is 5. The van der Waals surface area contributed by atoms with Crippen molar-refractivity contribution in [2.45, 2.75) is 20.8 Å². The molecule has 0 radical (unpaired) electrons. The van der Waals surface area contributed by atoms with E-state index in [-0.39, 0.29) is 5.91 Å². The summed E-state index contributed by atoms with van der Waals surface area (Å²) < 4.78 is 0. The molecule has 144 valence electrons. The molecule has 0 spiro atoms. The Bertz CT molecular complexity index is 779. The molecule has 0 unspecified atom stereocenters. The van der Waals surface area contributed by atoms with E-state index in [4.69, 9.17) is 0 Å².